The molecule has 27 heavy (non-hydrogen) atoms. The minimum Gasteiger partial charge on any atom is -0.454 e. The number of amides is 1. The summed E-state index contributed by atoms with van der Waals surface area (Å²) in [5.74, 6) is 1.66. The molecule has 0 spiro atoms. The molecule has 1 fully saturated rings. The zero-order valence-electron chi connectivity index (χ0n) is 15.5. The monoisotopic (exact) mass is 364 g/mol. The summed E-state index contributed by atoms with van der Waals surface area (Å²) in [6.45, 7) is 2.09. The maximum Gasteiger partial charge on any atom is 0.271 e. The van der Waals surface area contributed by atoms with Gasteiger partial charge in [0, 0.05) is 5.56 Å². The fourth-order valence-corrected chi connectivity index (χ4v) is 3.73. The molecule has 0 bridgehead atoms. The van der Waals surface area contributed by atoms with Crippen LogP contribution in [0.2, 0.25) is 0 Å². The summed E-state index contributed by atoms with van der Waals surface area (Å²) in [6.07, 6.45) is 6.61. The van der Waals surface area contributed by atoms with Crippen LogP contribution in [0.5, 0.6) is 11.5 Å². The summed E-state index contributed by atoms with van der Waals surface area (Å²) in [7, 11) is 0. The lowest BCUT2D eigenvalue weighted by molar-refractivity contribution is 0.0954. The fraction of sp³-hybridized carbons (Fsp3) is 0.364. The number of nitrogens with zero attached hydrogens (tertiary/aromatic N) is 1. The number of carbonyl (C=O) groups excluding carboxylic acids is 1. The highest BCUT2D eigenvalue weighted by atomic mass is 16.7. The number of ether oxygens (including phenoxy) is 2. The number of carbonyl (C=O) groups is 1. The Kier molecular flexibility index (Phi) is 5.10. The quantitative estimate of drug-likeness (QED) is 0.636. The van der Waals surface area contributed by atoms with Crippen molar-refractivity contribution < 1.29 is 14.3 Å². The molecule has 2 aromatic rings. The van der Waals surface area contributed by atoms with Gasteiger partial charge in [0.15, 0.2) is 11.5 Å². The molecule has 1 N–H and O–H groups in total. The Hall–Kier alpha value is -2.82. The first-order chi connectivity index (χ1) is 13.2. The van der Waals surface area contributed by atoms with Crippen molar-refractivity contribution in [2.75, 3.05) is 6.79 Å². The van der Waals surface area contributed by atoms with Crippen molar-refractivity contribution in [3.8, 4) is 11.5 Å². The molecule has 2 aliphatic rings. The normalized spacial score (nSPS) is 17.0. The van der Waals surface area contributed by atoms with Crippen molar-refractivity contribution in [1.29, 1.82) is 0 Å². The highest BCUT2D eigenvalue weighted by Crippen LogP contribution is 2.33. The van der Waals surface area contributed by atoms with Crippen LogP contribution in [0.4, 0.5) is 0 Å². The van der Waals surface area contributed by atoms with E-state index in [1.54, 1.807) is 18.2 Å². The van der Waals surface area contributed by atoms with Crippen molar-refractivity contribution in [2.45, 2.75) is 44.9 Å². The molecule has 0 saturated heterocycles. The zero-order valence-corrected chi connectivity index (χ0v) is 15.5. The van der Waals surface area contributed by atoms with Crippen molar-refractivity contribution in [3.63, 3.8) is 0 Å². The lowest BCUT2D eigenvalue weighted by atomic mass is 9.84. The van der Waals surface area contributed by atoms with Gasteiger partial charge in [-0.15, -0.1) is 0 Å². The van der Waals surface area contributed by atoms with Crippen LogP contribution in [-0.2, 0) is 0 Å². The molecule has 0 atom stereocenters. The van der Waals surface area contributed by atoms with Gasteiger partial charge in [0.25, 0.3) is 5.91 Å². The summed E-state index contributed by atoms with van der Waals surface area (Å²) in [6, 6.07) is 13.7. The van der Waals surface area contributed by atoms with E-state index in [9.17, 15) is 4.79 Å². The smallest absolute Gasteiger partial charge is 0.271 e. The van der Waals surface area contributed by atoms with Crippen LogP contribution < -0.4 is 14.9 Å². The molecule has 2 aromatic carbocycles. The summed E-state index contributed by atoms with van der Waals surface area (Å²) < 4.78 is 10.6. The van der Waals surface area contributed by atoms with Crippen LogP contribution in [0.1, 0.15) is 66.4 Å². The van der Waals surface area contributed by atoms with Crippen molar-refractivity contribution >= 4 is 11.6 Å². The molecule has 1 aliphatic heterocycles. The fourth-order valence-electron chi connectivity index (χ4n) is 3.73. The molecule has 5 heteroatoms. The molecule has 1 heterocycles. The van der Waals surface area contributed by atoms with E-state index in [1.807, 2.05) is 6.92 Å². The van der Waals surface area contributed by atoms with E-state index in [0.29, 0.717) is 23.0 Å². The van der Waals surface area contributed by atoms with E-state index in [1.165, 1.54) is 37.7 Å². The first kappa shape index (κ1) is 17.6. The van der Waals surface area contributed by atoms with Gasteiger partial charge < -0.3 is 9.47 Å². The second-order valence-corrected chi connectivity index (χ2v) is 7.16. The second kappa shape index (κ2) is 7.82. The van der Waals surface area contributed by atoms with E-state index >= 15 is 0 Å². The van der Waals surface area contributed by atoms with Crippen LogP contribution in [0.3, 0.4) is 0 Å². The van der Waals surface area contributed by atoms with Gasteiger partial charge in [-0.1, -0.05) is 43.5 Å². The van der Waals surface area contributed by atoms with Crippen molar-refractivity contribution in [3.05, 3.63) is 59.2 Å². The Bertz CT molecular complexity index is 852. The Labute approximate surface area is 159 Å². The Morgan fingerprint density at radius 3 is 2.44 bits per heavy atom. The summed E-state index contributed by atoms with van der Waals surface area (Å²) in [5.41, 5.74) is 6.31. The molecule has 4 rings (SSSR count). The van der Waals surface area contributed by atoms with E-state index < -0.39 is 0 Å². The predicted octanol–water partition coefficient (Wildman–Crippen LogP) is 4.62. The van der Waals surface area contributed by atoms with Crippen LogP contribution in [-0.4, -0.2) is 18.4 Å². The number of fused-ring (bicyclic) bond motifs is 1. The minimum absolute atomic E-state index is 0.189. The van der Waals surface area contributed by atoms with Crippen LogP contribution in [0.15, 0.2) is 47.6 Å². The van der Waals surface area contributed by atoms with Gasteiger partial charge in [-0.2, -0.15) is 5.10 Å². The third kappa shape index (κ3) is 3.97. The molecular formula is C22H24N2O3. The number of hydrazone groups is 1. The van der Waals surface area contributed by atoms with Gasteiger partial charge in [-0.05, 0) is 55.0 Å². The predicted molar refractivity (Wildman–Crippen MR) is 105 cm³/mol. The number of hydrogen-bond acceptors (Lipinski definition) is 4. The highest BCUT2D eigenvalue weighted by Gasteiger charge is 2.17. The number of nitrogens with one attached hydrogen (secondary N) is 1. The van der Waals surface area contributed by atoms with Crippen molar-refractivity contribution in [2.24, 2.45) is 5.10 Å². The zero-order chi connectivity index (χ0) is 18.6. The largest absolute Gasteiger partial charge is 0.454 e. The highest BCUT2D eigenvalue weighted by molar-refractivity contribution is 6.01. The molecule has 5 nitrogen and oxygen atoms in total. The molecule has 1 saturated carbocycles. The van der Waals surface area contributed by atoms with Gasteiger partial charge in [-0.25, -0.2) is 5.43 Å². The van der Waals surface area contributed by atoms with E-state index in [0.717, 1.165) is 11.3 Å². The first-order valence-corrected chi connectivity index (χ1v) is 9.55. The minimum atomic E-state index is -0.272. The van der Waals surface area contributed by atoms with Crippen molar-refractivity contribution in [1.82, 2.24) is 5.43 Å². The molecule has 1 amide bonds. The third-order valence-corrected chi connectivity index (χ3v) is 5.36. The topological polar surface area (TPSA) is 59.9 Å². The average molecular weight is 364 g/mol. The molecule has 0 aromatic heterocycles. The third-order valence-electron chi connectivity index (χ3n) is 5.36. The first-order valence-electron chi connectivity index (χ1n) is 9.55. The van der Waals surface area contributed by atoms with Gasteiger partial charge >= 0.3 is 0 Å². The Morgan fingerprint density at radius 1 is 0.963 bits per heavy atom. The standard InChI is InChI=1S/C22H24N2O3/c1-15(16-7-9-18(10-8-16)17-5-3-2-4-6-17)23-24-22(25)19-11-12-20-21(13-19)27-14-26-20/h7-13,17H,2-6,14H2,1H3,(H,24,25)/b23-15-. The molecular weight excluding hydrogens is 340 g/mol. The average Bonchev–Trinajstić information content (AvgIpc) is 3.20. The lowest BCUT2D eigenvalue weighted by Gasteiger charge is -2.22. The van der Waals surface area contributed by atoms with E-state index in [2.05, 4.69) is 34.8 Å². The van der Waals surface area contributed by atoms with E-state index in [-0.39, 0.29) is 12.7 Å². The Morgan fingerprint density at radius 2 is 1.67 bits per heavy atom. The number of rotatable bonds is 4. The number of hydrogen-bond donors (Lipinski definition) is 1. The summed E-state index contributed by atoms with van der Waals surface area (Å²) in [4.78, 5) is 12.3. The second-order valence-electron chi connectivity index (χ2n) is 7.16. The molecule has 1 aliphatic carbocycles. The maximum absolute atomic E-state index is 12.3. The summed E-state index contributed by atoms with van der Waals surface area (Å²) in [5, 5.41) is 4.25. The SMILES string of the molecule is C/C(=N/NC(=O)c1ccc2c(c1)OCO2)c1ccc(C2CCCCC2)cc1. The van der Waals surface area contributed by atoms with Gasteiger partial charge in [0.2, 0.25) is 6.79 Å². The molecule has 0 unspecified atom stereocenters. The number of benzene rings is 2. The van der Waals surface area contributed by atoms with Crippen LogP contribution in [0, 0.1) is 0 Å². The Balaban J connectivity index is 1.40. The molecule has 140 valence electrons. The lowest BCUT2D eigenvalue weighted by Crippen LogP contribution is -2.19. The van der Waals surface area contributed by atoms with Crippen LogP contribution in [0.25, 0.3) is 0 Å². The maximum atomic E-state index is 12.3. The van der Waals surface area contributed by atoms with Gasteiger partial charge in [0.05, 0.1) is 5.71 Å². The van der Waals surface area contributed by atoms with Crippen LogP contribution >= 0.6 is 0 Å². The van der Waals surface area contributed by atoms with Gasteiger partial charge in [-0.3, -0.25) is 4.79 Å². The summed E-state index contributed by atoms with van der Waals surface area (Å²) >= 11 is 0. The van der Waals surface area contributed by atoms with Gasteiger partial charge in [0.1, 0.15) is 0 Å². The molecule has 0 radical (unpaired) electrons. The van der Waals surface area contributed by atoms with E-state index in [4.69, 9.17) is 9.47 Å².